The highest BCUT2D eigenvalue weighted by Gasteiger charge is 2.45. The Morgan fingerprint density at radius 1 is 1.08 bits per heavy atom. The molecular formula is C24H22FN5O7. The first-order valence-electron chi connectivity index (χ1n) is 11.4. The summed E-state index contributed by atoms with van der Waals surface area (Å²) in [4.78, 5) is 22.7. The predicted molar refractivity (Wildman–Crippen MR) is 126 cm³/mol. The maximum atomic E-state index is 14.6. The van der Waals surface area contributed by atoms with Crippen molar-refractivity contribution in [2.24, 2.45) is 0 Å². The molecule has 5 rings (SSSR count). The normalized spacial score (nSPS) is 21.4. The quantitative estimate of drug-likeness (QED) is 0.180. The van der Waals surface area contributed by atoms with Crippen LogP contribution in [0.3, 0.4) is 0 Å². The van der Waals surface area contributed by atoms with Gasteiger partial charge < -0.3 is 24.8 Å². The zero-order valence-electron chi connectivity index (χ0n) is 19.2. The number of imidazole rings is 1. The largest absolute Gasteiger partial charge is 0.476 e. The van der Waals surface area contributed by atoms with Gasteiger partial charge in [0, 0.05) is 24.1 Å². The first-order chi connectivity index (χ1) is 17.9. The Balaban J connectivity index is 1.53. The lowest BCUT2D eigenvalue weighted by atomic mass is 10.1. The van der Waals surface area contributed by atoms with Gasteiger partial charge in [-0.25, -0.2) is 4.98 Å². The lowest BCUT2D eigenvalue weighted by Crippen LogP contribution is -2.33. The first-order valence-corrected chi connectivity index (χ1v) is 11.4. The monoisotopic (exact) mass is 511 g/mol. The summed E-state index contributed by atoms with van der Waals surface area (Å²) in [6.07, 6.45) is -6.01. The average molecular weight is 511 g/mol. The van der Waals surface area contributed by atoms with Crippen LogP contribution in [0.15, 0.2) is 54.6 Å². The van der Waals surface area contributed by atoms with E-state index in [1.54, 1.807) is 42.5 Å². The number of ether oxygens (including phenoxy) is 2. The highest BCUT2D eigenvalue weighted by molar-refractivity contribution is 5.81. The van der Waals surface area contributed by atoms with Crippen LogP contribution in [0.2, 0.25) is 0 Å². The summed E-state index contributed by atoms with van der Waals surface area (Å²) in [5.74, 6) is 0.0736. The molecule has 0 aliphatic carbocycles. The molecule has 12 nitrogen and oxygen atoms in total. The van der Waals surface area contributed by atoms with Crippen molar-refractivity contribution in [1.29, 1.82) is 0 Å². The van der Waals surface area contributed by atoms with E-state index in [0.29, 0.717) is 11.1 Å². The summed E-state index contributed by atoms with van der Waals surface area (Å²) in [5, 5.41) is 41.5. The predicted octanol–water partition coefficient (Wildman–Crippen LogP) is 1.77. The van der Waals surface area contributed by atoms with Crippen LogP contribution in [-0.2, 0) is 11.2 Å². The van der Waals surface area contributed by atoms with Crippen LogP contribution in [0.25, 0.3) is 22.6 Å². The third-order valence-electron chi connectivity index (χ3n) is 6.03. The molecule has 3 heterocycles. The van der Waals surface area contributed by atoms with Crippen LogP contribution >= 0.6 is 0 Å². The number of nitro groups is 1. The van der Waals surface area contributed by atoms with Crippen molar-refractivity contribution >= 4 is 16.9 Å². The van der Waals surface area contributed by atoms with Crippen LogP contribution in [-0.4, -0.2) is 71.3 Å². The Kier molecular flexibility index (Phi) is 6.76. The topological polar surface area (TPSA) is 166 Å². The molecule has 0 bridgehead atoms. The number of rotatable bonds is 8. The molecule has 4 aromatic rings. The molecule has 192 valence electrons. The molecule has 1 aliphatic rings. The van der Waals surface area contributed by atoms with Crippen LogP contribution in [0.4, 0.5) is 10.1 Å². The van der Waals surface area contributed by atoms with E-state index in [9.17, 15) is 29.8 Å². The molecule has 3 N–H and O–H groups in total. The maximum absolute atomic E-state index is 14.6. The van der Waals surface area contributed by atoms with Crippen LogP contribution in [0.5, 0.6) is 5.88 Å². The van der Waals surface area contributed by atoms with E-state index in [2.05, 4.69) is 15.0 Å². The second-order valence-corrected chi connectivity index (χ2v) is 8.40. The molecule has 1 unspecified atom stereocenters. The van der Waals surface area contributed by atoms with E-state index in [4.69, 9.17) is 9.47 Å². The number of halogens is 1. The minimum atomic E-state index is -1.46. The van der Waals surface area contributed by atoms with Crippen molar-refractivity contribution in [3.63, 3.8) is 0 Å². The summed E-state index contributed by atoms with van der Waals surface area (Å²) in [6.45, 7) is -0.536. The molecule has 0 saturated carbocycles. The highest BCUT2D eigenvalue weighted by atomic mass is 19.1. The van der Waals surface area contributed by atoms with Gasteiger partial charge in [-0.05, 0) is 5.56 Å². The number of aliphatic hydroxyl groups is 3. The zero-order chi connectivity index (χ0) is 26.1. The van der Waals surface area contributed by atoms with Crippen LogP contribution in [0, 0.1) is 16.2 Å². The molecular weight excluding hydrogens is 489 g/mol. The fourth-order valence-electron chi connectivity index (χ4n) is 4.24. The van der Waals surface area contributed by atoms with Crippen molar-refractivity contribution in [2.45, 2.75) is 31.0 Å². The third-order valence-corrected chi connectivity index (χ3v) is 6.03. The molecule has 1 aliphatic heterocycles. The second kappa shape index (κ2) is 10.1. The Bertz CT molecular complexity index is 1430. The van der Waals surface area contributed by atoms with Gasteiger partial charge in [0.1, 0.15) is 24.1 Å². The van der Waals surface area contributed by atoms with Gasteiger partial charge in [0.15, 0.2) is 17.4 Å². The van der Waals surface area contributed by atoms with E-state index in [-0.39, 0.29) is 41.6 Å². The molecule has 0 amide bonds. The SMILES string of the molecule is O=[N+]([O-])c1cccc(CCOc2nc(F)nc3c2nc(-c2ccccc2)n3C2O[C@H](CO)[C@@H](O)[C@H]2O)c1. The standard InChI is InChI=1S/C24H22FN5O7/c25-24-27-21-17(22(28-24)36-10-9-13-5-4-8-15(11-13)30(34)35)26-20(14-6-2-1-3-7-14)29(21)23-19(33)18(32)16(12-31)37-23/h1-8,11,16,18-19,23,31-33H,9-10,12H2/t16-,18-,19-,23?/m1/s1. The first kappa shape index (κ1) is 24.6. The molecule has 0 radical (unpaired) electrons. The summed E-state index contributed by atoms with van der Waals surface area (Å²) < 4.78 is 27.3. The van der Waals surface area contributed by atoms with Crippen LogP contribution < -0.4 is 4.74 Å². The molecule has 1 fully saturated rings. The number of nitrogens with zero attached hydrogens (tertiary/aromatic N) is 5. The van der Waals surface area contributed by atoms with E-state index in [1.807, 2.05) is 0 Å². The molecule has 4 atom stereocenters. The fraction of sp³-hybridized carbons (Fsp3) is 0.292. The number of fused-ring (bicyclic) bond motifs is 1. The van der Waals surface area contributed by atoms with Gasteiger partial charge in [-0.1, -0.05) is 42.5 Å². The van der Waals surface area contributed by atoms with Crippen molar-refractivity contribution in [1.82, 2.24) is 19.5 Å². The minimum absolute atomic E-state index is 0.00804. The Morgan fingerprint density at radius 2 is 1.86 bits per heavy atom. The summed E-state index contributed by atoms with van der Waals surface area (Å²) >= 11 is 0. The highest BCUT2D eigenvalue weighted by Crippen LogP contribution is 2.37. The van der Waals surface area contributed by atoms with Gasteiger partial charge in [0.2, 0.25) is 5.88 Å². The fourth-order valence-corrected chi connectivity index (χ4v) is 4.24. The maximum Gasteiger partial charge on any atom is 0.314 e. The minimum Gasteiger partial charge on any atom is -0.476 e. The van der Waals surface area contributed by atoms with Gasteiger partial charge in [0.05, 0.1) is 18.1 Å². The summed E-state index contributed by atoms with van der Waals surface area (Å²) in [6, 6.07) is 14.9. The molecule has 2 aromatic heterocycles. The van der Waals surface area contributed by atoms with E-state index in [0.717, 1.165) is 0 Å². The average Bonchev–Trinajstić information content (AvgIpc) is 3.41. The molecule has 1 saturated heterocycles. The summed E-state index contributed by atoms with van der Waals surface area (Å²) in [5.41, 5.74) is 1.20. The van der Waals surface area contributed by atoms with E-state index >= 15 is 0 Å². The van der Waals surface area contributed by atoms with Gasteiger partial charge >= 0.3 is 6.08 Å². The zero-order valence-corrected chi connectivity index (χ0v) is 19.2. The number of aromatic nitrogens is 4. The number of aliphatic hydroxyl groups excluding tert-OH is 3. The van der Waals surface area contributed by atoms with Gasteiger partial charge in [-0.3, -0.25) is 14.7 Å². The van der Waals surface area contributed by atoms with Crippen molar-refractivity contribution in [2.75, 3.05) is 13.2 Å². The Morgan fingerprint density at radius 3 is 2.57 bits per heavy atom. The van der Waals surface area contributed by atoms with Crippen molar-refractivity contribution < 1.29 is 34.1 Å². The lowest BCUT2D eigenvalue weighted by Gasteiger charge is -2.19. The second-order valence-electron chi connectivity index (χ2n) is 8.40. The molecule has 13 heteroatoms. The number of hydrogen-bond donors (Lipinski definition) is 3. The number of nitro benzene ring substituents is 1. The smallest absolute Gasteiger partial charge is 0.314 e. The molecule has 37 heavy (non-hydrogen) atoms. The van der Waals surface area contributed by atoms with Gasteiger partial charge in [-0.2, -0.15) is 14.4 Å². The van der Waals surface area contributed by atoms with E-state index < -0.39 is 42.1 Å². The lowest BCUT2D eigenvalue weighted by molar-refractivity contribution is -0.384. The number of hydrogen-bond acceptors (Lipinski definition) is 10. The van der Waals surface area contributed by atoms with Gasteiger partial charge in [0.25, 0.3) is 5.69 Å². The molecule has 0 spiro atoms. The van der Waals surface area contributed by atoms with Crippen LogP contribution in [0.1, 0.15) is 11.8 Å². The molecule has 2 aromatic carbocycles. The van der Waals surface area contributed by atoms with Gasteiger partial charge in [-0.15, -0.1) is 0 Å². The van der Waals surface area contributed by atoms with E-state index in [1.165, 1.54) is 16.7 Å². The Labute approximate surface area is 208 Å². The Hall–Kier alpha value is -4.04. The van der Waals surface area contributed by atoms with Crippen molar-refractivity contribution in [3.8, 4) is 17.3 Å². The summed E-state index contributed by atoms with van der Waals surface area (Å²) in [7, 11) is 0. The third kappa shape index (κ3) is 4.72. The number of benzene rings is 2. The van der Waals surface area contributed by atoms with Crippen molar-refractivity contribution in [3.05, 3.63) is 76.4 Å². The number of non-ortho nitro benzene ring substituents is 1.